The molecule has 0 aliphatic heterocycles. The average Bonchev–Trinajstić information content (AvgIpc) is 3.13. The van der Waals surface area contributed by atoms with Gasteiger partial charge in [0.05, 0.1) is 19.2 Å². The second kappa shape index (κ2) is 28.9. The van der Waals surface area contributed by atoms with Crippen LogP contribution in [0.4, 0.5) is 0 Å². The Balaban J connectivity index is 5.84. The maximum absolute atomic E-state index is 13.7. The molecule has 17 N–H and O–H groups in total. The fourth-order valence-electron chi connectivity index (χ4n) is 5.37. The molecule has 21 nitrogen and oxygen atoms in total. The van der Waals surface area contributed by atoms with Gasteiger partial charge in [-0.1, -0.05) is 13.8 Å². The molecule has 0 rings (SSSR count). The van der Waals surface area contributed by atoms with Gasteiger partial charge in [-0.3, -0.25) is 33.6 Å². The SMILES string of the molecule is CC(C)C[C@H](NC(=O)CNC(=O)[C@H](C)NC(=O)[C@@H](NC(=O)CN)[C@@H](C)O)C(=O)N[C@@H](CCCCN)C(=O)N[C@@H](CCCCN)C(=O)N[C@@H](CCCCN)C(=O)O. The number of hydrogen-bond donors (Lipinski definition) is 13. The quantitative estimate of drug-likeness (QED) is 0.0307. The zero-order chi connectivity index (χ0) is 42.8. The Morgan fingerprint density at radius 2 is 0.964 bits per heavy atom. The summed E-state index contributed by atoms with van der Waals surface area (Å²) in [5.41, 5.74) is 22.1. The predicted molar refractivity (Wildman–Crippen MR) is 207 cm³/mol. The summed E-state index contributed by atoms with van der Waals surface area (Å²) in [6.07, 6.45) is 2.24. The van der Waals surface area contributed by atoms with Crippen LogP contribution in [0, 0.1) is 5.92 Å². The lowest BCUT2D eigenvalue weighted by Gasteiger charge is -2.27. The van der Waals surface area contributed by atoms with Gasteiger partial charge < -0.3 is 70.4 Å². The van der Waals surface area contributed by atoms with Crippen molar-refractivity contribution in [2.75, 3.05) is 32.7 Å². The first-order valence-corrected chi connectivity index (χ1v) is 19.2. The van der Waals surface area contributed by atoms with Crippen LogP contribution in [-0.4, -0.2) is 133 Å². The number of nitrogens with two attached hydrogens (primary N) is 4. The molecule has 0 aromatic rings. The van der Waals surface area contributed by atoms with E-state index >= 15 is 0 Å². The van der Waals surface area contributed by atoms with Crippen molar-refractivity contribution in [1.29, 1.82) is 0 Å². The summed E-state index contributed by atoms with van der Waals surface area (Å²) >= 11 is 0. The van der Waals surface area contributed by atoms with E-state index in [-0.39, 0.29) is 31.6 Å². The van der Waals surface area contributed by atoms with E-state index in [9.17, 15) is 48.6 Å². The van der Waals surface area contributed by atoms with Gasteiger partial charge in [-0.2, -0.15) is 0 Å². The molecule has 0 fully saturated rings. The molecule has 0 aromatic carbocycles. The van der Waals surface area contributed by atoms with Crippen molar-refractivity contribution in [3.63, 3.8) is 0 Å². The monoisotopic (exact) mass is 802 g/mol. The Morgan fingerprint density at radius 1 is 0.518 bits per heavy atom. The van der Waals surface area contributed by atoms with Crippen molar-refractivity contribution in [3.05, 3.63) is 0 Å². The van der Waals surface area contributed by atoms with Crippen LogP contribution in [-0.2, 0) is 38.4 Å². The van der Waals surface area contributed by atoms with Crippen LogP contribution in [0.25, 0.3) is 0 Å². The van der Waals surface area contributed by atoms with Crippen molar-refractivity contribution in [2.24, 2.45) is 28.9 Å². The van der Waals surface area contributed by atoms with E-state index in [1.54, 1.807) is 0 Å². The first-order valence-electron chi connectivity index (χ1n) is 19.2. The molecule has 56 heavy (non-hydrogen) atoms. The molecule has 0 unspecified atom stereocenters. The Labute approximate surface area is 328 Å². The van der Waals surface area contributed by atoms with Crippen LogP contribution < -0.4 is 60.2 Å². The van der Waals surface area contributed by atoms with Gasteiger partial charge in [0.1, 0.15) is 36.3 Å². The van der Waals surface area contributed by atoms with E-state index in [1.807, 2.05) is 13.8 Å². The van der Waals surface area contributed by atoms with Crippen LogP contribution in [0.3, 0.4) is 0 Å². The normalized spacial score (nSPS) is 14.8. The summed E-state index contributed by atoms with van der Waals surface area (Å²) in [4.78, 5) is 102. The third kappa shape index (κ3) is 21.6. The molecule has 0 aromatic heterocycles. The Kier molecular flexibility index (Phi) is 26.6. The highest BCUT2D eigenvalue weighted by Gasteiger charge is 2.32. The molecular formula is C35H67N11O10. The number of rotatable bonds is 30. The Bertz CT molecular complexity index is 1270. The number of carboxylic acid groups (broad SMARTS) is 1. The van der Waals surface area contributed by atoms with E-state index in [4.69, 9.17) is 22.9 Å². The average molecular weight is 802 g/mol. The first kappa shape index (κ1) is 51.6. The second-order valence-electron chi connectivity index (χ2n) is 14.1. The van der Waals surface area contributed by atoms with Gasteiger partial charge >= 0.3 is 5.97 Å². The highest BCUT2D eigenvalue weighted by Crippen LogP contribution is 2.10. The maximum Gasteiger partial charge on any atom is 0.326 e. The molecule has 322 valence electrons. The summed E-state index contributed by atoms with van der Waals surface area (Å²) in [5, 5.41) is 36.9. The van der Waals surface area contributed by atoms with Crippen molar-refractivity contribution >= 4 is 47.3 Å². The highest BCUT2D eigenvalue weighted by molar-refractivity contribution is 5.96. The summed E-state index contributed by atoms with van der Waals surface area (Å²) in [6.45, 7) is 6.20. The van der Waals surface area contributed by atoms with E-state index in [0.29, 0.717) is 58.2 Å². The molecule has 0 bridgehead atoms. The molecule has 0 saturated carbocycles. The number of amides is 7. The van der Waals surface area contributed by atoms with Crippen molar-refractivity contribution in [3.8, 4) is 0 Å². The molecule has 21 heteroatoms. The van der Waals surface area contributed by atoms with Gasteiger partial charge in [0, 0.05) is 0 Å². The van der Waals surface area contributed by atoms with E-state index in [2.05, 4.69) is 37.2 Å². The van der Waals surface area contributed by atoms with Crippen LogP contribution in [0.1, 0.15) is 91.9 Å². The molecule has 0 aliphatic carbocycles. The van der Waals surface area contributed by atoms with Crippen molar-refractivity contribution in [1.82, 2.24) is 37.2 Å². The van der Waals surface area contributed by atoms with Gasteiger partial charge in [-0.15, -0.1) is 0 Å². The maximum atomic E-state index is 13.7. The molecule has 0 aliphatic rings. The fraction of sp³-hybridized carbons (Fsp3) is 0.771. The summed E-state index contributed by atoms with van der Waals surface area (Å²) in [7, 11) is 0. The Hall–Kier alpha value is -4.44. The lowest BCUT2D eigenvalue weighted by Crippen LogP contribution is -2.58. The summed E-state index contributed by atoms with van der Waals surface area (Å²) in [5.74, 6) is -6.54. The smallest absolute Gasteiger partial charge is 0.326 e. The minimum Gasteiger partial charge on any atom is -0.480 e. The zero-order valence-electron chi connectivity index (χ0n) is 33.2. The van der Waals surface area contributed by atoms with E-state index in [1.165, 1.54) is 13.8 Å². The largest absolute Gasteiger partial charge is 0.480 e. The van der Waals surface area contributed by atoms with E-state index in [0.717, 1.165) is 0 Å². The summed E-state index contributed by atoms with van der Waals surface area (Å²) < 4.78 is 0. The molecule has 7 amide bonds. The van der Waals surface area contributed by atoms with Gasteiger partial charge in [-0.05, 0) is 104 Å². The number of hydrogen-bond acceptors (Lipinski definition) is 13. The first-order chi connectivity index (χ1) is 26.4. The van der Waals surface area contributed by atoms with E-state index < -0.39 is 103 Å². The predicted octanol–water partition coefficient (Wildman–Crippen LogP) is -4.11. The molecule has 0 spiro atoms. The lowest BCUT2D eigenvalue weighted by molar-refractivity contribution is -0.142. The highest BCUT2D eigenvalue weighted by atomic mass is 16.4. The molecule has 0 radical (unpaired) electrons. The minimum absolute atomic E-state index is 0.107. The number of carbonyl (C=O) groups excluding carboxylic acids is 7. The van der Waals surface area contributed by atoms with Crippen LogP contribution >= 0.6 is 0 Å². The molecule has 7 atom stereocenters. The van der Waals surface area contributed by atoms with Crippen molar-refractivity contribution in [2.45, 2.75) is 134 Å². The third-order valence-electron chi connectivity index (χ3n) is 8.52. The number of aliphatic hydroxyl groups is 1. The van der Waals surface area contributed by atoms with Crippen molar-refractivity contribution < 1.29 is 48.6 Å². The number of nitrogens with one attached hydrogen (secondary N) is 7. The standard InChI is InChI=1S/C35H67N11O10/c1-20(2)17-26(42-28(49)19-40-30(50)21(3)41-34(54)29(22(4)47)46-27(48)18-39)33(53)44-23(11-5-8-14-36)31(51)43-24(12-6-9-15-37)32(52)45-25(35(55)56)13-7-10-16-38/h20-26,29,47H,5-19,36-39H2,1-4H3,(H,40,50)(H,41,54)(H,42,49)(H,43,51)(H,44,53)(H,45,52)(H,46,48)(H,55,56)/t21-,22+,23-,24-,25-,26-,29-/m0/s1. The van der Waals surface area contributed by atoms with Gasteiger partial charge in [0.25, 0.3) is 0 Å². The van der Waals surface area contributed by atoms with Crippen LogP contribution in [0.15, 0.2) is 0 Å². The number of carboxylic acids is 1. The molecular weight excluding hydrogens is 734 g/mol. The number of unbranched alkanes of at least 4 members (excludes halogenated alkanes) is 3. The molecule has 0 heterocycles. The number of aliphatic carboxylic acids is 1. The lowest BCUT2D eigenvalue weighted by atomic mass is 10.0. The molecule has 0 saturated heterocycles. The minimum atomic E-state index is -1.39. The van der Waals surface area contributed by atoms with Crippen LogP contribution in [0.2, 0.25) is 0 Å². The Morgan fingerprint density at radius 3 is 1.38 bits per heavy atom. The van der Waals surface area contributed by atoms with Crippen LogP contribution in [0.5, 0.6) is 0 Å². The van der Waals surface area contributed by atoms with Gasteiger partial charge in [0.15, 0.2) is 0 Å². The number of aliphatic hydroxyl groups excluding tert-OH is 1. The topological polar surface area (TPSA) is 365 Å². The summed E-state index contributed by atoms with van der Waals surface area (Å²) in [6, 6.07) is -7.22. The fourth-order valence-corrected chi connectivity index (χ4v) is 5.37. The zero-order valence-corrected chi connectivity index (χ0v) is 33.2. The number of carbonyl (C=O) groups is 8. The van der Waals surface area contributed by atoms with Gasteiger partial charge in [-0.25, -0.2) is 4.79 Å². The second-order valence-corrected chi connectivity index (χ2v) is 14.1. The third-order valence-corrected chi connectivity index (χ3v) is 8.52. The van der Waals surface area contributed by atoms with Gasteiger partial charge in [0.2, 0.25) is 41.4 Å².